The Morgan fingerprint density at radius 3 is 2.71 bits per heavy atom. The lowest BCUT2D eigenvalue weighted by molar-refractivity contribution is 0.0416. The second-order valence-corrected chi connectivity index (χ2v) is 5.99. The van der Waals surface area contributed by atoms with E-state index in [9.17, 15) is 4.39 Å². The van der Waals surface area contributed by atoms with Crippen LogP contribution in [0.3, 0.4) is 0 Å². The second-order valence-electron chi connectivity index (χ2n) is 5.58. The Kier molecular flexibility index (Phi) is 5.99. The van der Waals surface area contributed by atoms with Crippen LogP contribution in [-0.2, 0) is 0 Å². The van der Waals surface area contributed by atoms with Crippen molar-refractivity contribution in [1.29, 1.82) is 0 Å². The molecule has 5 heteroatoms. The Labute approximate surface area is 131 Å². The van der Waals surface area contributed by atoms with E-state index in [2.05, 4.69) is 23.6 Å². The van der Waals surface area contributed by atoms with E-state index in [0.29, 0.717) is 23.2 Å². The molecule has 0 spiro atoms. The Hall–Kier alpha value is -0.680. The average Bonchev–Trinajstić information content (AvgIpc) is 2.50. The summed E-state index contributed by atoms with van der Waals surface area (Å²) >= 11 is 6.24. The molecule has 2 rings (SSSR count). The molecule has 1 saturated heterocycles. The van der Waals surface area contributed by atoms with Gasteiger partial charge in [-0.25, -0.2) is 4.39 Å². The zero-order valence-corrected chi connectivity index (χ0v) is 13.6. The minimum atomic E-state index is -0.259. The molecule has 1 aromatic carbocycles. The Morgan fingerprint density at radius 2 is 2.14 bits per heavy atom. The maximum Gasteiger partial charge on any atom is 0.129 e. The number of likely N-dealkylation sites (N-methyl/N-ethyl adjacent to an activating group) is 1. The van der Waals surface area contributed by atoms with Gasteiger partial charge in [0.25, 0.3) is 0 Å². The zero-order chi connectivity index (χ0) is 15.4. The molecule has 1 fully saturated rings. The molecule has 0 aliphatic carbocycles. The molecular formula is C16H25ClFN3. The summed E-state index contributed by atoms with van der Waals surface area (Å²) < 4.78 is 14.2. The van der Waals surface area contributed by atoms with Gasteiger partial charge in [-0.05, 0) is 25.1 Å². The molecule has 0 radical (unpaired) electrons. The number of hydrogen-bond acceptors (Lipinski definition) is 3. The predicted octanol–water partition coefficient (Wildman–Crippen LogP) is 2.90. The van der Waals surface area contributed by atoms with Crippen LogP contribution in [0.25, 0.3) is 0 Å². The van der Waals surface area contributed by atoms with Crippen molar-refractivity contribution in [3.05, 3.63) is 34.6 Å². The molecule has 2 N–H and O–H groups in total. The highest BCUT2D eigenvalue weighted by molar-refractivity contribution is 6.31. The number of nitrogens with zero attached hydrogens (tertiary/aromatic N) is 2. The van der Waals surface area contributed by atoms with Gasteiger partial charge in [0, 0.05) is 42.8 Å². The lowest BCUT2D eigenvalue weighted by atomic mass is 9.99. The van der Waals surface area contributed by atoms with Gasteiger partial charge in [0.15, 0.2) is 0 Å². The van der Waals surface area contributed by atoms with Crippen LogP contribution in [0.2, 0.25) is 5.02 Å². The monoisotopic (exact) mass is 313 g/mol. The minimum absolute atomic E-state index is 0.150. The largest absolute Gasteiger partial charge is 0.329 e. The van der Waals surface area contributed by atoms with Crippen molar-refractivity contribution in [3.63, 3.8) is 0 Å². The van der Waals surface area contributed by atoms with Gasteiger partial charge in [0.1, 0.15) is 5.82 Å². The van der Waals surface area contributed by atoms with Gasteiger partial charge in [-0.2, -0.15) is 0 Å². The van der Waals surface area contributed by atoms with Gasteiger partial charge in [-0.1, -0.05) is 31.5 Å². The summed E-state index contributed by atoms with van der Waals surface area (Å²) in [5.74, 6) is -0.259. The van der Waals surface area contributed by atoms with Gasteiger partial charge in [-0.15, -0.1) is 0 Å². The van der Waals surface area contributed by atoms with Crippen molar-refractivity contribution in [2.24, 2.45) is 5.73 Å². The van der Waals surface area contributed by atoms with Crippen LogP contribution in [0.15, 0.2) is 18.2 Å². The summed E-state index contributed by atoms with van der Waals surface area (Å²) in [5.41, 5.74) is 6.52. The molecule has 2 unspecified atom stereocenters. The van der Waals surface area contributed by atoms with Crippen LogP contribution in [0.5, 0.6) is 0 Å². The molecule has 2 atom stereocenters. The fourth-order valence-corrected chi connectivity index (χ4v) is 3.53. The molecule has 3 nitrogen and oxygen atoms in total. The number of nitrogens with two attached hydrogens (primary N) is 1. The molecule has 118 valence electrons. The van der Waals surface area contributed by atoms with Gasteiger partial charge in [-0.3, -0.25) is 4.90 Å². The Morgan fingerprint density at radius 1 is 1.38 bits per heavy atom. The molecule has 1 aromatic rings. The van der Waals surface area contributed by atoms with Crippen LogP contribution >= 0.6 is 11.6 Å². The SMILES string of the molecule is CCC1CN(CC)CCN1C(CN)c1c(F)cccc1Cl. The second kappa shape index (κ2) is 7.54. The van der Waals surface area contributed by atoms with Gasteiger partial charge in [0.05, 0.1) is 6.04 Å². The van der Waals surface area contributed by atoms with E-state index in [-0.39, 0.29) is 11.9 Å². The van der Waals surface area contributed by atoms with Crippen LogP contribution < -0.4 is 5.73 Å². The van der Waals surface area contributed by atoms with Crippen molar-refractivity contribution in [2.45, 2.75) is 32.4 Å². The maximum atomic E-state index is 14.2. The number of halogens is 2. The standard InChI is InChI=1S/C16H25ClFN3/c1-3-12-11-20(4-2)8-9-21(12)15(10-19)16-13(17)6-5-7-14(16)18/h5-7,12,15H,3-4,8-11,19H2,1-2H3. The highest BCUT2D eigenvalue weighted by Gasteiger charge is 2.32. The van der Waals surface area contributed by atoms with Crippen LogP contribution in [0, 0.1) is 5.82 Å². The van der Waals surface area contributed by atoms with Gasteiger partial charge >= 0.3 is 0 Å². The first-order valence-corrected chi connectivity index (χ1v) is 8.12. The zero-order valence-electron chi connectivity index (χ0n) is 12.9. The lowest BCUT2D eigenvalue weighted by Crippen LogP contribution is -2.55. The third kappa shape index (κ3) is 3.57. The van der Waals surface area contributed by atoms with Crippen molar-refractivity contribution in [3.8, 4) is 0 Å². The van der Waals surface area contributed by atoms with E-state index < -0.39 is 0 Å². The lowest BCUT2D eigenvalue weighted by Gasteiger charge is -2.45. The summed E-state index contributed by atoms with van der Waals surface area (Å²) in [6.07, 6.45) is 1.03. The first-order valence-electron chi connectivity index (χ1n) is 7.74. The Balaban J connectivity index is 2.28. The number of rotatable bonds is 5. The molecule has 1 aliphatic rings. The normalized spacial score (nSPS) is 22.4. The summed E-state index contributed by atoms with van der Waals surface area (Å²) in [7, 11) is 0. The first kappa shape index (κ1) is 16.7. The number of benzene rings is 1. The highest BCUT2D eigenvalue weighted by Crippen LogP contribution is 2.32. The average molecular weight is 314 g/mol. The fraction of sp³-hybridized carbons (Fsp3) is 0.625. The van der Waals surface area contributed by atoms with E-state index in [1.54, 1.807) is 12.1 Å². The van der Waals surface area contributed by atoms with Gasteiger partial charge in [0.2, 0.25) is 0 Å². The fourth-order valence-electron chi connectivity index (χ4n) is 3.24. The highest BCUT2D eigenvalue weighted by atomic mass is 35.5. The molecule has 0 bridgehead atoms. The van der Waals surface area contributed by atoms with Gasteiger partial charge < -0.3 is 10.6 Å². The van der Waals surface area contributed by atoms with E-state index in [4.69, 9.17) is 17.3 Å². The minimum Gasteiger partial charge on any atom is -0.329 e. The number of hydrogen-bond donors (Lipinski definition) is 1. The molecule has 0 aromatic heterocycles. The van der Waals surface area contributed by atoms with E-state index >= 15 is 0 Å². The smallest absolute Gasteiger partial charge is 0.129 e. The molecular weight excluding hydrogens is 289 g/mol. The van der Waals surface area contributed by atoms with Crippen molar-refractivity contribution >= 4 is 11.6 Å². The van der Waals surface area contributed by atoms with Crippen LogP contribution in [-0.4, -0.2) is 48.6 Å². The third-order valence-electron chi connectivity index (χ3n) is 4.49. The third-order valence-corrected chi connectivity index (χ3v) is 4.82. The van der Waals surface area contributed by atoms with Crippen molar-refractivity contribution in [1.82, 2.24) is 9.80 Å². The maximum absolute atomic E-state index is 14.2. The van der Waals surface area contributed by atoms with E-state index in [1.165, 1.54) is 6.07 Å². The van der Waals surface area contributed by atoms with E-state index in [0.717, 1.165) is 32.6 Å². The molecule has 0 amide bonds. The first-order chi connectivity index (χ1) is 10.1. The van der Waals surface area contributed by atoms with Crippen LogP contribution in [0.1, 0.15) is 31.9 Å². The summed E-state index contributed by atoms with van der Waals surface area (Å²) in [4.78, 5) is 4.76. The summed E-state index contributed by atoms with van der Waals surface area (Å²) in [6, 6.07) is 5.09. The topological polar surface area (TPSA) is 32.5 Å². The molecule has 21 heavy (non-hydrogen) atoms. The summed E-state index contributed by atoms with van der Waals surface area (Å²) in [6.45, 7) is 8.69. The Bertz CT molecular complexity index is 449. The molecule has 0 saturated carbocycles. The van der Waals surface area contributed by atoms with Crippen molar-refractivity contribution in [2.75, 3.05) is 32.7 Å². The van der Waals surface area contributed by atoms with E-state index in [1.807, 2.05) is 0 Å². The van der Waals surface area contributed by atoms with Crippen molar-refractivity contribution < 1.29 is 4.39 Å². The number of piperazine rings is 1. The molecule has 1 aliphatic heterocycles. The summed E-state index contributed by atoms with van der Waals surface area (Å²) in [5, 5.41) is 0.471. The quantitative estimate of drug-likeness (QED) is 0.907. The molecule has 1 heterocycles. The van der Waals surface area contributed by atoms with Crippen LogP contribution in [0.4, 0.5) is 4.39 Å². The predicted molar refractivity (Wildman–Crippen MR) is 86.1 cm³/mol.